The molecule has 2 fully saturated rings. The minimum atomic E-state index is -0.331. The number of aliphatic hydroxyl groups excluding tert-OH is 1. The Hall–Kier alpha value is -1.59. The van der Waals surface area contributed by atoms with E-state index in [1.807, 2.05) is 11.8 Å². The number of amides is 2. The average Bonchev–Trinajstić information content (AvgIpc) is 3.11. The zero-order valence-electron chi connectivity index (χ0n) is 15.2. The molecule has 0 spiro atoms. The normalized spacial score (nSPS) is 25.8. The first-order chi connectivity index (χ1) is 12.1. The van der Waals surface area contributed by atoms with Gasteiger partial charge in [0.15, 0.2) is 0 Å². The van der Waals surface area contributed by atoms with Crippen LogP contribution in [0.3, 0.4) is 0 Å². The van der Waals surface area contributed by atoms with E-state index >= 15 is 0 Å². The number of nitrogens with one attached hydrogen (secondary N) is 1. The van der Waals surface area contributed by atoms with Crippen LogP contribution in [0.15, 0.2) is 30.3 Å². The summed E-state index contributed by atoms with van der Waals surface area (Å²) >= 11 is 0. The number of hydrogen-bond donors (Lipinski definition) is 2. The van der Waals surface area contributed by atoms with E-state index in [9.17, 15) is 9.90 Å². The Labute approximate surface area is 151 Å². The van der Waals surface area contributed by atoms with Crippen molar-refractivity contribution < 1.29 is 9.90 Å². The summed E-state index contributed by atoms with van der Waals surface area (Å²) < 4.78 is 0. The molecule has 2 heterocycles. The topological polar surface area (TPSA) is 55.8 Å². The molecular weight excluding hydrogens is 314 g/mol. The fraction of sp³-hybridized carbons (Fsp3) is 0.650. The third-order valence-corrected chi connectivity index (χ3v) is 5.59. The van der Waals surface area contributed by atoms with Crippen molar-refractivity contribution in [2.45, 2.75) is 38.8 Å². The lowest BCUT2D eigenvalue weighted by molar-refractivity contribution is 0.128. The Balaban J connectivity index is 1.41. The zero-order valence-corrected chi connectivity index (χ0v) is 15.2. The lowest BCUT2D eigenvalue weighted by atomic mass is 9.97. The van der Waals surface area contributed by atoms with Crippen LogP contribution >= 0.6 is 0 Å². The van der Waals surface area contributed by atoms with E-state index < -0.39 is 0 Å². The first-order valence-corrected chi connectivity index (χ1v) is 9.59. The van der Waals surface area contributed by atoms with Crippen LogP contribution in [-0.2, 0) is 6.54 Å². The number of nitrogens with zero attached hydrogens (tertiary/aromatic N) is 2. The monoisotopic (exact) mass is 345 g/mol. The van der Waals surface area contributed by atoms with E-state index in [1.54, 1.807) is 0 Å². The highest BCUT2D eigenvalue weighted by Crippen LogP contribution is 2.21. The van der Waals surface area contributed by atoms with Crippen LogP contribution < -0.4 is 5.32 Å². The highest BCUT2D eigenvalue weighted by atomic mass is 16.3. The second-order valence-electron chi connectivity index (χ2n) is 7.65. The lowest BCUT2D eigenvalue weighted by Gasteiger charge is -2.33. The molecule has 3 rings (SSSR count). The van der Waals surface area contributed by atoms with Gasteiger partial charge in [-0.25, -0.2) is 4.79 Å². The Morgan fingerprint density at radius 3 is 2.76 bits per heavy atom. The fourth-order valence-electron chi connectivity index (χ4n) is 4.01. The molecule has 0 saturated carbocycles. The fourth-order valence-corrected chi connectivity index (χ4v) is 4.01. The summed E-state index contributed by atoms with van der Waals surface area (Å²) in [7, 11) is 0. The third kappa shape index (κ3) is 5.19. The molecule has 1 aromatic rings. The Morgan fingerprint density at radius 2 is 2.04 bits per heavy atom. The van der Waals surface area contributed by atoms with Gasteiger partial charge in [-0.05, 0) is 44.2 Å². The number of carbonyl (C=O) groups excluding carboxylic acids is 1. The Kier molecular flexibility index (Phi) is 6.32. The van der Waals surface area contributed by atoms with Crippen molar-refractivity contribution in [3.8, 4) is 0 Å². The van der Waals surface area contributed by atoms with Crippen molar-refractivity contribution in [2.75, 3.05) is 32.7 Å². The second-order valence-corrected chi connectivity index (χ2v) is 7.65. The summed E-state index contributed by atoms with van der Waals surface area (Å²) in [6, 6.07) is 10.6. The molecule has 0 radical (unpaired) electrons. The predicted octanol–water partition coefficient (Wildman–Crippen LogP) is 2.31. The van der Waals surface area contributed by atoms with Gasteiger partial charge in [0, 0.05) is 38.6 Å². The molecule has 5 nitrogen and oxygen atoms in total. The molecule has 2 aliphatic rings. The van der Waals surface area contributed by atoms with Gasteiger partial charge in [0.1, 0.15) is 0 Å². The van der Waals surface area contributed by atoms with Gasteiger partial charge >= 0.3 is 6.03 Å². The number of carbonyl (C=O) groups is 1. The number of rotatable bonds is 5. The van der Waals surface area contributed by atoms with Crippen LogP contribution in [0.4, 0.5) is 4.79 Å². The van der Waals surface area contributed by atoms with Gasteiger partial charge in [-0.3, -0.25) is 4.90 Å². The lowest BCUT2D eigenvalue weighted by Crippen LogP contribution is -2.44. The molecule has 2 amide bonds. The first-order valence-electron chi connectivity index (χ1n) is 9.59. The molecule has 0 aliphatic carbocycles. The summed E-state index contributed by atoms with van der Waals surface area (Å²) in [6.45, 7) is 7.18. The standard InChI is InChI=1S/C20H31N3O2/c1-16(24)19-9-11-23(15-19)20(25)21-12-18-8-5-10-22(14-18)13-17-6-3-2-4-7-17/h2-4,6-7,16,18-19,24H,5,8-15H2,1H3,(H,21,25)/t16-,18+,19-/m0/s1. The number of likely N-dealkylation sites (tertiary alicyclic amines) is 2. The van der Waals surface area contributed by atoms with Crippen molar-refractivity contribution in [2.24, 2.45) is 11.8 Å². The van der Waals surface area contributed by atoms with Gasteiger partial charge in [0.05, 0.1) is 6.10 Å². The van der Waals surface area contributed by atoms with E-state index in [2.05, 4.69) is 40.5 Å². The van der Waals surface area contributed by atoms with Gasteiger partial charge in [0.25, 0.3) is 0 Å². The number of piperidine rings is 1. The SMILES string of the molecule is C[C@H](O)[C@H]1CCN(C(=O)NC[C@H]2CCCN(Cc3ccccc3)C2)C1. The van der Waals surface area contributed by atoms with Crippen molar-refractivity contribution in [1.82, 2.24) is 15.1 Å². The first kappa shape index (κ1) is 18.2. The van der Waals surface area contributed by atoms with Gasteiger partial charge < -0.3 is 15.3 Å². The number of benzene rings is 1. The number of urea groups is 1. The van der Waals surface area contributed by atoms with Gasteiger partial charge in [-0.2, -0.15) is 0 Å². The van der Waals surface area contributed by atoms with E-state index in [-0.39, 0.29) is 18.1 Å². The van der Waals surface area contributed by atoms with Gasteiger partial charge in [0.2, 0.25) is 0 Å². The summed E-state index contributed by atoms with van der Waals surface area (Å²) in [5, 5.41) is 12.8. The second kappa shape index (κ2) is 8.68. The molecule has 2 saturated heterocycles. The van der Waals surface area contributed by atoms with Crippen molar-refractivity contribution >= 4 is 6.03 Å². The number of aliphatic hydroxyl groups is 1. The van der Waals surface area contributed by atoms with E-state index in [0.29, 0.717) is 12.5 Å². The summed E-state index contributed by atoms with van der Waals surface area (Å²) in [5.41, 5.74) is 1.36. The van der Waals surface area contributed by atoms with Crippen molar-refractivity contribution in [3.05, 3.63) is 35.9 Å². The van der Waals surface area contributed by atoms with Crippen LogP contribution in [0, 0.1) is 11.8 Å². The maximum atomic E-state index is 12.3. The quantitative estimate of drug-likeness (QED) is 0.861. The van der Waals surface area contributed by atoms with Crippen LogP contribution in [0.5, 0.6) is 0 Å². The summed E-state index contributed by atoms with van der Waals surface area (Å²) in [6.07, 6.45) is 2.95. The molecular formula is C20H31N3O2. The molecule has 2 N–H and O–H groups in total. The molecule has 0 unspecified atom stereocenters. The highest BCUT2D eigenvalue weighted by Gasteiger charge is 2.29. The highest BCUT2D eigenvalue weighted by molar-refractivity contribution is 5.74. The molecule has 1 aromatic carbocycles. The molecule has 2 aliphatic heterocycles. The molecule has 138 valence electrons. The van der Waals surface area contributed by atoms with Gasteiger partial charge in [-0.15, -0.1) is 0 Å². The molecule has 5 heteroatoms. The van der Waals surface area contributed by atoms with E-state index in [0.717, 1.165) is 39.1 Å². The molecule has 3 atom stereocenters. The minimum absolute atomic E-state index is 0.0309. The van der Waals surface area contributed by atoms with E-state index in [1.165, 1.54) is 18.4 Å². The smallest absolute Gasteiger partial charge is 0.317 e. The van der Waals surface area contributed by atoms with Crippen molar-refractivity contribution in [3.63, 3.8) is 0 Å². The summed E-state index contributed by atoms with van der Waals surface area (Å²) in [4.78, 5) is 16.7. The molecule has 0 bridgehead atoms. The maximum Gasteiger partial charge on any atom is 0.317 e. The molecule has 25 heavy (non-hydrogen) atoms. The predicted molar refractivity (Wildman–Crippen MR) is 99.2 cm³/mol. The Bertz CT molecular complexity index is 549. The number of hydrogen-bond acceptors (Lipinski definition) is 3. The van der Waals surface area contributed by atoms with Crippen LogP contribution in [0.2, 0.25) is 0 Å². The van der Waals surface area contributed by atoms with E-state index in [4.69, 9.17) is 0 Å². The zero-order chi connectivity index (χ0) is 17.6. The van der Waals surface area contributed by atoms with Crippen LogP contribution in [0.1, 0.15) is 31.7 Å². The largest absolute Gasteiger partial charge is 0.393 e. The van der Waals surface area contributed by atoms with Gasteiger partial charge in [-0.1, -0.05) is 30.3 Å². The molecule has 0 aromatic heterocycles. The maximum absolute atomic E-state index is 12.3. The van der Waals surface area contributed by atoms with Crippen LogP contribution in [0.25, 0.3) is 0 Å². The Morgan fingerprint density at radius 1 is 1.24 bits per heavy atom. The minimum Gasteiger partial charge on any atom is -0.393 e. The van der Waals surface area contributed by atoms with Crippen molar-refractivity contribution in [1.29, 1.82) is 0 Å². The third-order valence-electron chi connectivity index (χ3n) is 5.59. The van der Waals surface area contributed by atoms with Crippen LogP contribution in [-0.4, -0.2) is 59.8 Å². The summed E-state index contributed by atoms with van der Waals surface area (Å²) in [5.74, 6) is 0.748. The average molecular weight is 345 g/mol.